The van der Waals surface area contributed by atoms with E-state index in [4.69, 9.17) is 10.5 Å². The summed E-state index contributed by atoms with van der Waals surface area (Å²) in [7, 11) is 1.64. The number of nitrogens with two attached hydrogens (primary N) is 1. The van der Waals surface area contributed by atoms with E-state index in [1.807, 2.05) is 48.2 Å². The van der Waals surface area contributed by atoms with Gasteiger partial charge in [0.15, 0.2) is 11.6 Å². The molecule has 4 rings (SSSR count). The number of hydrogen-bond acceptors (Lipinski definition) is 4. The third-order valence-electron chi connectivity index (χ3n) is 6.32. The molecular formula is C29H35F2N3O2. The Labute approximate surface area is 212 Å². The number of nitrogens with zero attached hydrogens (tertiary/aromatic N) is 1. The van der Waals surface area contributed by atoms with Gasteiger partial charge in [0.1, 0.15) is 11.4 Å². The number of nitrogens with one attached hydrogen (secondary N) is 1. The predicted octanol–water partition coefficient (Wildman–Crippen LogP) is 7.17. The Kier molecular flexibility index (Phi) is 8.91. The summed E-state index contributed by atoms with van der Waals surface area (Å²) >= 11 is 0. The Balaban J connectivity index is 0.000000303. The Morgan fingerprint density at radius 3 is 2.14 bits per heavy atom. The second-order valence-electron chi connectivity index (χ2n) is 8.90. The first-order chi connectivity index (χ1) is 17.3. The molecule has 1 aliphatic rings. The smallest absolute Gasteiger partial charge is 0.262 e. The van der Waals surface area contributed by atoms with Gasteiger partial charge in [-0.25, -0.2) is 8.78 Å². The minimum absolute atomic E-state index is 0.0156. The fraction of sp³-hybridized carbons (Fsp3) is 0.345. The number of carbonyl (C=O) groups excluding carboxylic acids is 1. The maximum atomic E-state index is 13.5. The zero-order chi connectivity index (χ0) is 26.3. The zero-order valence-electron chi connectivity index (χ0n) is 21.4. The molecule has 0 aromatic heterocycles. The van der Waals surface area contributed by atoms with E-state index in [1.165, 1.54) is 6.07 Å². The first kappa shape index (κ1) is 27.0. The van der Waals surface area contributed by atoms with Crippen molar-refractivity contribution in [1.29, 1.82) is 0 Å². The molecule has 0 spiro atoms. The van der Waals surface area contributed by atoms with E-state index < -0.39 is 17.3 Å². The molecule has 0 unspecified atom stereocenters. The number of hydrogen-bond donors (Lipinski definition) is 2. The lowest BCUT2D eigenvalue weighted by Gasteiger charge is -2.49. The number of aryl methyl sites for hydroxylation is 1. The highest BCUT2D eigenvalue weighted by atomic mass is 19.2. The molecule has 3 N–H and O–H groups in total. The van der Waals surface area contributed by atoms with Crippen LogP contribution in [0.4, 0.5) is 25.8 Å². The summed E-state index contributed by atoms with van der Waals surface area (Å²) in [6, 6.07) is 17.1. The molecule has 36 heavy (non-hydrogen) atoms. The lowest BCUT2D eigenvalue weighted by molar-refractivity contribution is 0.0946. The lowest BCUT2D eigenvalue weighted by atomic mass is 9.90. The molecule has 1 amide bonds. The summed E-state index contributed by atoms with van der Waals surface area (Å²) in [6.07, 6.45) is 4.40. The highest BCUT2D eigenvalue weighted by Gasteiger charge is 2.44. The molecule has 0 saturated heterocycles. The minimum Gasteiger partial charge on any atom is -0.497 e. The normalized spacial score (nSPS) is 13.8. The molecule has 0 fully saturated rings. The average molecular weight is 496 g/mol. The molecular weight excluding hydrogens is 460 g/mol. The number of halogens is 2. The number of fused-ring (bicyclic) bond motifs is 1. The van der Waals surface area contributed by atoms with Gasteiger partial charge in [-0.1, -0.05) is 39.7 Å². The topological polar surface area (TPSA) is 67.6 Å². The maximum Gasteiger partial charge on any atom is 0.262 e. The van der Waals surface area contributed by atoms with E-state index in [9.17, 15) is 13.6 Å². The van der Waals surface area contributed by atoms with Crippen LogP contribution in [0, 0.1) is 11.6 Å². The summed E-state index contributed by atoms with van der Waals surface area (Å²) in [5, 5.41) is 3.67. The maximum absolute atomic E-state index is 13.5. The van der Waals surface area contributed by atoms with Gasteiger partial charge in [-0.3, -0.25) is 9.69 Å². The van der Waals surface area contributed by atoms with Crippen molar-refractivity contribution < 1.29 is 18.3 Å². The van der Waals surface area contributed by atoms with Gasteiger partial charge in [-0.15, -0.1) is 0 Å². The fourth-order valence-corrected chi connectivity index (χ4v) is 4.63. The molecule has 1 heterocycles. The van der Waals surface area contributed by atoms with Gasteiger partial charge in [0.2, 0.25) is 0 Å². The number of ether oxygens (including phenoxy) is 1. The Hall–Kier alpha value is -3.61. The molecule has 7 heteroatoms. The van der Waals surface area contributed by atoms with Crippen molar-refractivity contribution in [2.24, 2.45) is 0 Å². The highest BCUT2D eigenvalue weighted by Crippen LogP contribution is 2.41. The van der Waals surface area contributed by atoms with Crippen molar-refractivity contribution in [3.8, 4) is 5.75 Å². The van der Waals surface area contributed by atoms with Crippen molar-refractivity contribution in [3.63, 3.8) is 0 Å². The van der Waals surface area contributed by atoms with E-state index in [1.54, 1.807) is 19.2 Å². The first-order valence-electron chi connectivity index (χ1n) is 12.4. The third kappa shape index (κ3) is 5.78. The molecule has 0 saturated carbocycles. The predicted molar refractivity (Wildman–Crippen MR) is 143 cm³/mol. The van der Waals surface area contributed by atoms with Crippen molar-refractivity contribution in [3.05, 3.63) is 83.4 Å². The van der Waals surface area contributed by atoms with Gasteiger partial charge in [-0.2, -0.15) is 0 Å². The standard InChI is InChI=1S/C21H27N3O2.C8H8F2/c1-4-12-21(13-5-2)23-19-11-6-15(22)14-18(19)20(25)24(21)16-7-9-17(26-3)10-8-16;1-2-6-3-4-7(9)8(10)5-6/h6-11,14,23H,4-5,12-13,22H2,1-3H3;3-5H,2H2,1H3. The van der Waals surface area contributed by atoms with Crippen LogP contribution in [0.25, 0.3) is 0 Å². The fourth-order valence-electron chi connectivity index (χ4n) is 4.63. The van der Waals surface area contributed by atoms with Gasteiger partial charge >= 0.3 is 0 Å². The Morgan fingerprint density at radius 1 is 0.917 bits per heavy atom. The monoisotopic (exact) mass is 495 g/mol. The van der Waals surface area contributed by atoms with Crippen LogP contribution in [0.5, 0.6) is 5.75 Å². The van der Waals surface area contributed by atoms with Crippen LogP contribution in [0.3, 0.4) is 0 Å². The number of rotatable bonds is 7. The van der Waals surface area contributed by atoms with Crippen LogP contribution in [0.1, 0.15) is 62.4 Å². The SMILES string of the molecule is CCCC1(CCC)Nc2ccc(N)cc2C(=O)N1c1ccc(OC)cc1.CCc1ccc(F)c(F)c1. The van der Waals surface area contributed by atoms with Crippen molar-refractivity contribution in [2.75, 3.05) is 23.1 Å². The lowest BCUT2D eigenvalue weighted by Crippen LogP contribution is -2.60. The van der Waals surface area contributed by atoms with E-state index in [0.717, 1.165) is 60.9 Å². The van der Waals surface area contributed by atoms with Crippen LogP contribution in [0.15, 0.2) is 60.7 Å². The van der Waals surface area contributed by atoms with Gasteiger partial charge in [0, 0.05) is 17.1 Å². The molecule has 3 aromatic carbocycles. The number of anilines is 3. The average Bonchev–Trinajstić information content (AvgIpc) is 2.87. The number of carbonyl (C=O) groups is 1. The summed E-state index contributed by atoms with van der Waals surface area (Å²) < 4.78 is 29.9. The van der Waals surface area contributed by atoms with Gasteiger partial charge in [-0.05, 0) is 79.4 Å². The van der Waals surface area contributed by atoms with Gasteiger partial charge in [0.05, 0.1) is 12.7 Å². The first-order valence-corrected chi connectivity index (χ1v) is 12.4. The Morgan fingerprint density at radius 2 is 1.58 bits per heavy atom. The van der Waals surface area contributed by atoms with Crippen molar-refractivity contribution in [2.45, 2.75) is 58.5 Å². The Bertz CT molecular complexity index is 1180. The van der Waals surface area contributed by atoms with E-state index in [-0.39, 0.29) is 5.91 Å². The van der Waals surface area contributed by atoms with Crippen LogP contribution < -0.4 is 20.7 Å². The van der Waals surface area contributed by atoms with Crippen LogP contribution in [-0.4, -0.2) is 18.7 Å². The zero-order valence-corrected chi connectivity index (χ0v) is 21.4. The number of nitrogen functional groups attached to an aromatic ring is 1. The van der Waals surface area contributed by atoms with Crippen LogP contribution >= 0.6 is 0 Å². The molecule has 3 aromatic rings. The highest BCUT2D eigenvalue weighted by molar-refractivity contribution is 6.13. The summed E-state index contributed by atoms with van der Waals surface area (Å²) in [5.74, 6) is -0.790. The molecule has 1 aliphatic heterocycles. The quantitative estimate of drug-likeness (QED) is 0.341. The molecule has 0 atom stereocenters. The summed E-state index contributed by atoms with van der Waals surface area (Å²) in [5.41, 5.74) is 9.23. The van der Waals surface area contributed by atoms with Gasteiger partial charge in [0.25, 0.3) is 5.91 Å². The third-order valence-corrected chi connectivity index (χ3v) is 6.32. The number of amides is 1. The summed E-state index contributed by atoms with van der Waals surface area (Å²) in [6.45, 7) is 6.19. The van der Waals surface area contributed by atoms with Crippen molar-refractivity contribution >= 4 is 23.0 Å². The van der Waals surface area contributed by atoms with E-state index in [2.05, 4.69) is 19.2 Å². The van der Waals surface area contributed by atoms with Crippen LogP contribution in [-0.2, 0) is 6.42 Å². The summed E-state index contributed by atoms with van der Waals surface area (Å²) in [4.78, 5) is 15.4. The molecule has 192 valence electrons. The number of benzene rings is 3. The number of methoxy groups -OCH3 is 1. The molecule has 0 bridgehead atoms. The van der Waals surface area contributed by atoms with E-state index >= 15 is 0 Å². The van der Waals surface area contributed by atoms with Gasteiger partial charge < -0.3 is 15.8 Å². The molecule has 0 aliphatic carbocycles. The minimum atomic E-state index is -0.780. The second-order valence-corrected chi connectivity index (χ2v) is 8.90. The van der Waals surface area contributed by atoms with E-state index in [0.29, 0.717) is 11.3 Å². The molecule has 0 radical (unpaired) electrons. The van der Waals surface area contributed by atoms with Crippen molar-refractivity contribution in [1.82, 2.24) is 0 Å². The largest absolute Gasteiger partial charge is 0.497 e. The molecule has 5 nitrogen and oxygen atoms in total. The van der Waals surface area contributed by atoms with Crippen LogP contribution in [0.2, 0.25) is 0 Å². The second kappa shape index (κ2) is 11.9.